The van der Waals surface area contributed by atoms with Crippen molar-refractivity contribution in [3.63, 3.8) is 0 Å². The van der Waals surface area contributed by atoms with Crippen LogP contribution in [-0.2, 0) is 22.6 Å². The Hall–Kier alpha value is -2.93. The second-order valence-electron chi connectivity index (χ2n) is 6.06. The molecule has 0 saturated heterocycles. The highest BCUT2D eigenvalue weighted by molar-refractivity contribution is 6.30. The van der Waals surface area contributed by atoms with Gasteiger partial charge < -0.3 is 9.64 Å². The molecule has 0 bridgehead atoms. The van der Waals surface area contributed by atoms with Gasteiger partial charge in [0, 0.05) is 25.2 Å². The molecule has 0 N–H and O–H groups in total. The topological polar surface area (TPSA) is 77.3 Å². The van der Waals surface area contributed by atoms with Gasteiger partial charge in [-0.05, 0) is 42.8 Å². The number of nitrogens with zero attached hydrogens (tertiary/aromatic N) is 4. The minimum atomic E-state index is -0.573. The van der Waals surface area contributed by atoms with Gasteiger partial charge in [-0.3, -0.25) is 4.79 Å². The third kappa shape index (κ3) is 4.43. The molecular weight excluding hydrogens is 368 g/mol. The maximum Gasteiger partial charge on any atom is 0.338 e. The molecule has 27 heavy (non-hydrogen) atoms. The predicted molar refractivity (Wildman–Crippen MR) is 101 cm³/mol. The van der Waals surface area contributed by atoms with Crippen LogP contribution in [0.15, 0.2) is 42.5 Å². The van der Waals surface area contributed by atoms with E-state index in [0.717, 1.165) is 11.1 Å². The first-order valence-electron chi connectivity index (χ1n) is 8.46. The number of fused-ring (bicyclic) bond motifs is 1. The van der Waals surface area contributed by atoms with Gasteiger partial charge in [0.2, 0.25) is 0 Å². The summed E-state index contributed by atoms with van der Waals surface area (Å²) >= 11 is 5.85. The van der Waals surface area contributed by atoms with E-state index in [4.69, 9.17) is 16.3 Å². The molecule has 0 aliphatic heterocycles. The van der Waals surface area contributed by atoms with Crippen LogP contribution in [0.25, 0.3) is 11.0 Å². The molecule has 8 heteroatoms. The first-order chi connectivity index (χ1) is 13.0. The molecule has 0 spiro atoms. The molecule has 7 nitrogen and oxygen atoms in total. The number of rotatable bonds is 6. The van der Waals surface area contributed by atoms with Crippen molar-refractivity contribution in [1.29, 1.82) is 0 Å². The van der Waals surface area contributed by atoms with Gasteiger partial charge >= 0.3 is 5.97 Å². The first kappa shape index (κ1) is 18.8. The number of hydrogen-bond donors (Lipinski definition) is 0. The lowest BCUT2D eigenvalue weighted by molar-refractivity contribution is -0.133. The van der Waals surface area contributed by atoms with Crippen molar-refractivity contribution in [1.82, 2.24) is 19.9 Å². The average molecular weight is 387 g/mol. The maximum absolute atomic E-state index is 12.2. The van der Waals surface area contributed by atoms with Gasteiger partial charge in [-0.1, -0.05) is 28.9 Å². The SMILES string of the molecule is CCn1nnc2cc(C(=O)OCC(=O)N(C)Cc3ccc(Cl)cc3)ccc21. The standard InChI is InChI=1S/C19H19ClN4O3/c1-3-24-17-9-6-14(10-16(17)21-22-24)19(26)27-12-18(25)23(2)11-13-4-7-15(20)8-5-13/h4-10H,3,11-12H2,1-2H3. The van der Waals surface area contributed by atoms with Crippen molar-refractivity contribution in [3.05, 3.63) is 58.6 Å². The zero-order chi connectivity index (χ0) is 19.4. The predicted octanol–water partition coefficient (Wildman–Crippen LogP) is 2.92. The summed E-state index contributed by atoms with van der Waals surface area (Å²) in [5.74, 6) is -0.868. The van der Waals surface area contributed by atoms with Crippen molar-refractivity contribution in [2.45, 2.75) is 20.0 Å². The van der Waals surface area contributed by atoms with Crippen LogP contribution in [0.5, 0.6) is 0 Å². The van der Waals surface area contributed by atoms with Gasteiger partial charge in [-0.25, -0.2) is 9.48 Å². The number of carbonyl (C=O) groups is 2. The summed E-state index contributed by atoms with van der Waals surface area (Å²) < 4.78 is 6.88. The number of ether oxygens (including phenoxy) is 1. The molecule has 0 fully saturated rings. The molecular formula is C19H19ClN4O3. The Morgan fingerprint density at radius 1 is 1.19 bits per heavy atom. The zero-order valence-electron chi connectivity index (χ0n) is 15.1. The minimum absolute atomic E-state index is 0.295. The van der Waals surface area contributed by atoms with Crippen LogP contribution in [0.3, 0.4) is 0 Å². The monoisotopic (exact) mass is 386 g/mol. The number of likely N-dealkylation sites (N-methyl/N-ethyl adjacent to an activating group) is 1. The Bertz CT molecular complexity index is 969. The molecule has 0 aliphatic rings. The number of hydrogen-bond acceptors (Lipinski definition) is 5. The highest BCUT2D eigenvalue weighted by Gasteiger charge is 2.15. The average Bonchev–Trinajstić information content (AvgIpc) is 3.09. The number of aryl methyl sites for hydroxylation is 1. The van der Waals surface area contributed by atoms with Gasteiger partial charge in [0.1, 0.15) is 5.52 Å². The van der Waals surface area contributed by atoms with Crippen LogP contribution in [0.4, 0.5) is 0 Å². The second-order valence-corrected chi connectivity index (χ2v) is 6.50. The molecule has 0 atom stereocenters. The van der Waals surface area contributed by atoms with E-state index in [9.17, 15) is 9.59 Å². The van der Waals surface area contributed by atoms with E-state index < -0.39 is 5.97 Å². The minimum Gasteiger partial charge on any atom is -0.452 e. The number of benzene rings is 2. The molecule has 0 unspecified atom stereocenters. The lowest BCUT2D eigenvalue weighted by Crippen LogP contribution is -2.30. The molecule has 3 rings (SSSR count). The number of halogens is 1. The summed E-state index contributed by atoms with van der Waals surface area (Å²) in [6, 6.07) is 12.2. The van der Waals surface area contributed by atoms with E-state index in [0.29, 0.717) is 29.2 Å². The van der Waals surface area contributed by atoms with Crippen LogP contribution in [0.2, 0.25) is 5.02 Å². The van der Waals surface area contributed by atoms with E-state index in [2.05, 4.69) is 10.3 Å². The normalized spacial score (nSPS) is 10.8. The van der Waals surface area contributed by atoms with E-state index in [1.165, 1.54) is 4.90 Å². The van der Waals surface area contributed by atoms with Gasteiger partial charge in [0.05, 0.1) is 11.1 Å². The maximum atomic E-state index is 12.2. The third-order valence-electron chi connectivity index (χ3n) is 4.13. The van der Waals surface area contributed by atoms with Crippen LogP contribution >= 0.6 is 11.6 Å². The lowest BCUT2D eigenvalue weighted by atomic mass is 10.2. The number of carbonyl (C=O) groups excluding carboxylic acids is 2. The molecule has 1 amide bonds. The quantitative estimate of drug-likeness (QED) is 0.609. The van der Waals surface area contributed by atoms with Crippen molar-refractivity contribution < 1.29 is 14.3 Å². The van der Waals surface area contributed by atoms with E-state index in [1.54, 1.807) is 42.1 Å². The molecule has 140 valence electrons. The fraction of sp³-hybridized carbons (Fsp3) is 0.263. The Labute approximate surface area is 161 Å². The number of esters is 1. The van der Waals surface area contributed by atoms with Crippen molar-refractivity contribution in [2.24, 2.45) is 0 Å². The third-order valence-corrected chi connectivity index (χ3v) is 4.39. The molecule has 3 aromatic rings. The van der Waals surface area contributed by atoms with E-state index >= 15 is 0 Å². The van der Waals surface area contributed by atoms with Crippen molar-refractivity contribution in [3.8, 4) is 0 Å². The summed E-state index contributed by atoms with van der Waals surface area (Å²) in [5, 5.41) is 8.67. The molecule has 1 heterocycles. The first-order valence-corrected chi connectivity index (χ1v) is 8.84. The Kier molecular flexibility index (Phi) is 5.71. The lowest BCUT2D eigenvalue weighted by Gasteiger charge is -2.17. The summed E-state index contributed by atoms with van der Waals surface area (Å²) in [6.45, 7) is 2.72. The molecule has 2 aromatic carbocycles. The fourth-order valence-corrected chi connectivity index (χ4v) is 2.73. The second kappa shape index (κ2) is 8.18. The highest BCUT2D eigenvalue weighted by Crippen LogP contribution is 2.15. The molecule has 0 saturated carbocycles. The van der Waals surface area contributed by atoms with Crippen molar-refractivity contribution in [2.75, 3.05) is 13.7 Å². The summed E-state index contributed by atoms with van der Waals surface area (Å²) in [5.41, 5.74) is 2.72. The summed E-state index contributed by atoms with van der Waals surface area (Å²) in [6.07, 6.45) is 0. The van der Waals surface area contributed by atoms with Crippen LogP contribution in [-0.4, -0.2) is 45.4 Å². The van der Waals surface area contributed by atoms with E-state index in [1.807, 2.05) is 19.1 Å². The number of aromatic nitrogens is 3. The van der Waals surface area contributed by atoms with Gasteiger partial charge in [0.25, 0.3) is 5.91 Å². The molecule has 0 radical (unpaired) electrons. The van der Waals surface area contributed by atoms with Crippen LogP contribution in [0, 0.1) is 0 Å². The van der Waals surface area contributed by atoms with Gasteiger partial charge in [-0.15, -0.1) is 5.10 Å². The van der Waals surface area contributed by atoms with E-state index in [-0.39, 0.29) is 12.5 Å². The highest BCUT2D eigenvalue weighted by atomic mass is 35.5. The van der Waals surface area contributed by atoms with Gasteiger partial charge in [-0.2, -0.15) is 0 Å². The fourth-order valence-electron chi connectivity index (χ4n) is 2.61. The summed E-state index contributed by atoms with van der Waals surface area (Å²) in [4.78, 5) is 25.9. The Morgan fingerprint density at radius 2 is 1.93 bits per heavy atom. The largest absolute Gasteiger partial charge is 0.452 e. The summed E-state index contributed by atoms with van der Waals surface area (Å²) in [7, 11) is 1.65. The van der Waals surface area contributed by atoms with Crippen LogP contribution in [0.1, 0.15) is 22.8 Å². The number of amides is 1. The van der Waals surface area contributed by atoms with Crippen LogP contribution < -0.4 is 0 Å². The van der Waals surface area contributed by atoms with Crippen molar-refractivity contribution >= 4 is 34.5 Å². The molecule has 0 aliphatic carbocycles. The van der Waals surface area contributed by atoms with Gasteiger partial charge in [0.15, 0.2) is 6.61 Å². The Balaban J connectivity index is 1.57. The zero-order valence-corrected chi connectivity index (χ0v) is 15.8. The molecule has 1 aromatic heterocycles. The smallest absolute Gasteiger partial charge is 0.338 e. The Morgan fingerprint density at radius 3 is 2.63 bits per heavy atom.